The standard InChI is InChI=1S/C17H27NO/c1-17(2,3)14-9-10-15(18)16(11-14)19-12-13-7-5-4-6-8-13/h4-8,14-16H,9-12,18H2,1-3H3. The van der Waals surface area contributed by atoms with Gasteiger partial charge in [0.1, 0.15) is 0 Å². The first-order valence-electron chi connectivity index (χ1n) is 7.38. The van der Waals surface area contributed by atoms with Gasteiger partial charge in [0, 0.05) is 6.04 Å². The first kappa shape index (κ1) is 14.5. The Morgan fingerprint density at radius 2 is 1.84 bits per heavy atom. The Hall–Kier alpha value is -0.860. The van der Waals surface area contributed by atoms with Crippen LogP contribution in [0.15, 0.2) is 30.3 Å². The van der Waals surface area contributed by atoms with Gasteiger partial charge in [-0.1, -0.05) is 51.1 Å². The zero-order valence-electron chi connectivity index (χ0n) is 12.4. The summed E-state index contributed by atoms with van der Waals surface area (Å²) in [4.78, 5) is 0. The van der Waals surface area contributed by atoms with Crippen LogP contribution in [-0.2, 0) is 11.3 Å². The molecule has 0 saturated heterocycles. The number of benzene rings is 1. The van der Waals surface area contributed by atoms with Crippen LogP contribution in [0.4, 0.5) is 0 Å². The minimum atomic E-state index is 0.197. The van der Waals surface area contributed by atoms with Gasteiger partial charge >= 0.3 is 0 Å². The molecule has 106 valence electrons. The van der Waals surface area contributed by atoms with Crippen LogP contribution in [0.5, 0.6) is 0 Å². The third kappa shape index (κ3) is 4.05. The molecule has 3 unspecified atom stereocenters. The van der Waals surface area contributed by atoms with E-state index in [9.17, 15) is 0 Å². The van der Waals surface area contributed by atoms with Crippen molar-refractivity contribution in [2.75, 3.05) is 0 Å². The van der Waals surface area contributed by atoms with Crippen LogP contribution < -0.4 is 5.73 Å². The van der Waals surface area contributed by atoms with Gasteiger partial charge in [0.25, 0.3) is 0 Å². The van der Waals surface area contributed by atoms with E-state index in [1.807, 2.05) is 6.07 Å². The van der Waals surface area contributed by atoms with Gasteiger partial charge in [0.15, 0.2) is 0 Å². The van der Waals surface area contributed by atoms with Crippen molar-refractivity contribution >= 4 is 0 Å². The fraction of sp³-hybridized carbons (Fsp3) is 0.647. The van der Waals surface area contributed by atoms with Crippen LogP contribution in [0, 0.1) is 11.3 Å². The Labute approximate surface area is 117 Å². The molecule has 0 bridgehead atoms. The summed E-state index contributed by atoms with van der Waals surface area (Å²) in [5.41, 5.74) is 7.81. The molecule has 0 heterocycles. The molecule has 0 spiro atoms. The summed E-state index contributed by atoms with van der Waals surface area (Å²) >= 11 is 0. The smallest absolute Gasteiger partial charge is 0.0733 e. The van der Waals surface area contributed by atoms with Crippen LogP contribution in [0.25, 0.3) is 0 Å². The molecule has 1 aliphatic carbocycles. The van der Waals surface area contributed by atoms with Crippen LogP contribution in [0.2, 0.25) is 0 Å². The monoisotopic (exact) mass is 261 g/mol. The van der Waals surface area contributed by atoms with Gasteiger partial charge in [-0.3, -0.25) is 0 Å². The quantitative estimate of drug-likeness (QED) is 0.899. The Kier molecular flexibility index (Phi) is 4.64. The van der Waals surface area contributed by atoms with Crippen LogP contribution in [0.3, 0.4) is 0 Å². The second-order valence-corrected chi connectivity index (χ2v) is 6.87. The van der Waals surface area contributed by atoms with Gasteiger partial charge in [-0.25, -0.2) is 0 Å². The lowest BCUT2D eigenvalue weighted by atomic mass is 9.70. The minimum Gasteiger partial charge on any atom is -0.372 e. The van der Waals surface area contributed by atoms with E-state index >= 15 is 0 Å². The van der Waals surface area contributed by atoms with Crippen LogP contribution in [0.1, 0.15) is 45.6 Å². The van der Waals surface area contributed by atoms with E-state index in [4.69, 9.17) is 10.5 Å². The number of hydrogen-bond acceptors (Lipinski definition) is 2. The van der Waals surface area contributed by atoms with E-state index in [1.165, 1.54) is 12.0 Å². The first-order chi connectivity index (χ1) is 8.97. The highest BCUT2D eigenvalue weighted by Gasteiger charge is 2.34. The first-order valence-corrected chi connectivity index (χ1v) is 7.38. The summed E-state index contributed by atoms with van der Waals surface area (Å²) in [6.07, 6.45) is 3.62. The van der Waals surface area contributed by atoms with E-state index in [1.54, 1.807) is 0 Å². The molecule has 0 aromatic heterocycles. The highest BCUT2D eigenvalue weighted by atomic mass is 16.5. The van der Waals surface area contributed by atoms with Gasteiger partial charge in [-0.05, 0) is 36.2 Å². The zero-order chi connectivity index (χ0) is 13.9. The van der Waals surface area contributed by atoms with Crippen LogP contribution in [-0.4, -0.2) is 12.1 Å². The van der Waals surface area contributed by atoms with E-state index in [0.717, 1.165) is 12.8 Å². The van der Waals surface area contributed by atoms with E-state index in [0.29, 0.717) is 17.9 Å². The van der Waals surface area contributed by atoms with Crippen molar-refractivity contribution in [3.63, 3.8) is 0 Å². The van der Waals surface area contributed by atoms with Gasteiger partial charge in [0.2, 0.25) is 0 Å². The summed E-state index contributed by atoms with van der Waals surface area (Å²) < 4.78 is 6.08. The zero-order valence-corrected chi connectivity index (χ0v) is 12.4. The molecular formula is C17H27NO. The maximum Gasteiger partial charge on any atom is 0.0733 e. The molecule has 0 amide bonds. The lowest BCUT2D eigenvalue weighted by Crippen LogP contribution is -2.44. The van der Waals surface area contributed by atoms with Gasteiger partial charge < -0.3 is 10.5 Å². The summed E-state index contributed by atoms with van der Waals surface area (Å²) in [7, 11) is 0. The molecule has 0 radical (unpaired) electrons. The maximum atomic E-state index is 6.22. The SMILES string of the molecule is CC(C)(C)C1CCC(N)C(OCc2ccccc2)C1. The minimum absolute atomic E-state index is 0.197. The van der Waals surface area contributed by atoms with E-state index < -0.39 is 0 Å². The van der Waals surface area contributed by atoms with Crippen molar-refractivity contribution in [3.8, 4) is 0 Å². The molecule has 3 atom stereocenters. The van der Waals surface area contributed by atoms with Gasteiger partial charge in [-0.2, -0.15) is 0 Å². The van der Waals surface area contributed by atoms with Crippen LogP contribution >= 0.6 is 0 Å². The Morgan fingerprint density at radius 1 is 1.16 bits per heavy atom. The summed E-state index contributed by atoms with van der Waals surface area (Å²) in [5, 5.41) is 0. The van der Waals surface area contributed by atoms with E-state index in [-0.39, 0.29) is 12.1 Å². The maximum absolute atomic E-state index is 6.22. The van der Waals surface area contributed by atoms with Crippen molar-refractivity contribution in [1.82, 2.24) is 0 Å². The predicted molar refractivity (Wildman–Crippen MR) is 79.8 cm³/mol. The van der Waals surface area contributed by atoms with E-state index in [2.05, 4.69) is 45.0 Å². The fourth-order valence-corrected chi connectivity index (χ4v) is 2.91. The molecule has 2 heteroatoms. The summed E-state index contributed by atoms with van der Waals surface area (Å²) in [6.45, 7) is 7.64. The lowest BCUT2D eigenvalue weighted by Gasteiger charge is -2.40. The Balaban J connectivity index is 1.91. The molecule has 2 N–H and O–H groups in total. The average Bonchev–Trinajstić information content (AvgIpc) is 2.37. The third-order valence-corrected chi connectivity index (χ3v) is 4.37. The lowest BCUT2D eigenvalue weighted by molar-refractivity contribution is -0.0278. The largest absolute Gasteiger partial charge is 0.372 e. The second-order valence-electron chi connectivity index (χ2n) is 6.87. The number of hydrogen-bond donors (Lipinski definition) is 1. The topological polar surface area (TPSA) is 35.2 Å². The molecular weight excluding hydrogens is 234 g/mol. The van der Waals surface area contributed by atoms with Gasteiger partial charge in [-0.15, -0.1) is 0 Å². The molecule has 1 saturated carbocycles. The molecule has 1 aliphatic rings. The number of nitrogens with two attached hydrogens (primary N) is 1. The Morgan fingerprint density at radius 3 is 2.47 bits per heavy atom. The van der Waals surface area contributed by atoms with Crippen molar-refractivity contribution in [2.45, 2.75) is 58.8 Å². The molecule has 1 fully saturated rings. The van der Waals surface area contributed by atoms with Crippen molar-refractivity contribution in [1.29, 1.82) is 0 Å². The average molecular weight is 261 g/mol. The molecule has 1 aromatic carbocycles. The molecule has 2 rings (SSSR count). The summed E-state index contributed by atoms with van der Waals surface area (Å²) in [5.74, 6) is 0.716. The van der Waals surface area contributed by atoms with Crippen molar-refractivity contribution < 1.29 is 4.74 Å². The normalized spacial score (nSPS) is 28.3. The van der Waals surface area contributed by atoms with Gasteiger partial charge in [0.05, 0.1) is 12.7 Å². The van der Waals surface area contributed by atoms with Crippen molar-refractivity contribution in [3.05, 3.63) is 35.9 Å². The second kappa shape index (κ2) is 6.06. The Bertz CT molecular complexity index is 382. The predicted octanol–water partition coefficient (Wildman–Crippen LogP) is 3.75. The molecule has 0 aliphatic heterocycles. The molecule has 19 heavy (non-hydrogen) atoms. The van der Waals surface area contributed by atoms with Crippen molar-refractivity contribution in [2.24, 2.45) is 17.1 Å². The highest BCUT2D eigenvalue weighted by molar-refractivity contribution is 5.13. The summed E-state index contributed by atoms with van der Waals surface area (Å²) in [6, 6.07) is 10.5. The molecule has 2 nitrogen and oxygen atoms in total. The highest BCUT2D eigenvalue weighted by Crippen LogP contribution is 2.38. The number of rotatable bonds is 3. The third-order valence-electron chi connectivity index (χ3n) is 4.37. The number of ether oxygens (including phenoxy) is 1. The fourth-order valence-electron chi connectivity index (χ4n) is 2.91. The molecule has 1 aromatic rings.